The highest BCUT2D eigenvalue weighted by Gasteiger charge is 2.10. The Morgan fingerprint density at radius 3 is 2.28 bits per heavy atom. The van der Waals surface area contributed by atoms with Crippen molar-refractivity contribution in [2.75, 3.05) is 11.9 Å². The minimum Gasteiger partial charge on any atom is -0.484 e. The van der Waals surface area contributed by atoms with Crippen molar-refractivity contribution in [3.63, 3.8) is 0 Å². The molecule has 0 aliphatic rings. The summed E-state index contributed by atoms with van der Waals surface area (Å²) in [7, 11) is 0. The molecule has 0 saturated heterocycles. The second-order valence-corrected chi connectivity index (χ2v) is 7.42. The van der Waals surface area contributed by atoms with Gasteiger partial charge in [-0.25, -0.2) is 4.98 Å². The van der Waals surface area contributed by atoms with Crippen molar-refractivity contribution in [2.24, 2.45) is 0 Å². The number of ether oxygens (including phenoxy) is 2. The molecule has 9 heteroatoms. The molecule has 4 rings (SSSR count). The van der Waals surface area contributed by atoms with Gasteiger partial charge in [-0.2, -0.15) is 0 Å². The molecule has 1 N–H and O–H groups in total. The zero-order valence-electron chi connectivity index (χ0n) is 16.6. The molecule has 0 atom stereocenters. The van der Waals surface area contributed by atoms with Gasteiger partial charge < -0.3 is 9.47 Å². The predicted molar refractivity (Wildman–Crippen MR) is 121 cm³/mol. The standard InChI is InChI=1S/C23H17N3O5S/c27-22(14-30-18-12-8-17(9-13-18)26(28)29)25-23-24-21(15-32-23)16-6-10-20(11-7-16)31-19-4-2-1-3-5-19/h1-13,15H,14H2,(H,24,25,27). The molecule has 0 bridgehead atoms. The number of amides is 1. The van der Waals surface area contributed by atoms with Crippen molar-refractivity contribution < 1.29 is 19.2 Å². The number of nitrogens with zero attached hydrogens (tertiary/aromatic N) is 2. The zero-order valence-corrected chi connectivity index (χ0v) is 17.5. The molecule has 4 aromatic rings. The van der Waals surface area contributed by atoms with E-state index in [0.29, 0.717) is 16.6 Å². The lowest BCUT2D eigenvalue weighted by Gasteiger charge is -2.06. The number of nitro benzene ring substituents is 1. The van der Waals surface area contributed by atoms with E-state index in [9.17, 15) is 14.9 Å². The zero-order chi connectivity index (χ0) is 22.3. The van der Waals surface area contributed by atoms with Crippen LogP contribution in [0.2, 0.25) is 0 Å². The summed E-state index contributed by atoms with van der Waals surface area (Å²) in [5, 5.41) is 15.6. The number of aromatic nitrogens is 1. The molecule has 160 valence electrons. The van der Waals surface area contributed by atoms with Crippen LogP contribution in [0.15, 0.2) is 84.2 Å². The Labute approximate surface area is 187 Å². The van der Waals surface area contributed by atoms with Gasteiger partial charge in [-0.05, 0) is 48.5 Å². The minimum absolute atomic E-state index is 0.0447. The maximum Gasteiger partial charge on any atom is 0.269 e. The topological polar surface area (TPSA) is 104 Å². The molecule has 0 spiro atoms. The first-order valence-electron chi connectivity index (χ1n) is 9.53. The third kappa shape index (κ3) is 5.46. The second-order valence-electron chi connectivity index (χ2n) is 6.57. The first-order valence-corrected chi connectivity index (χ1v) is 10.4. The van der Waals surface area contributed by atoms with E-state index in [1.807, 2.05) is 60.0 Å². The lowest BCUT2D eigenvalue weighted by molar-refractivity contribution is -0.384. The van der Waals surface area contributed by atoms with Gasteiger partial charge in [-0.1, -0.05) is 18.2 Å². The largest absolute Gasteiger partial charge is 0.484 e. The molecular weight excluding hydrogens is 430 g/mol. The van der Waals surface area contributed by atoms with Gasteiger partial charge in [0.1, 0.15) is 17.2 Å². The summed E-state index contributed by atoms with van der Waals surface area (Å²) in [5.74, 6) is 1.46. The summed E-state index contributed by atoms with van der Waals surface area (Å²) in [4.78, 5) is 26.7. The van der Waals surface area contributed by atoms with Crippen LogP contribution in [0.4, 0.5) is 10.8 Å². The summed E-state index contributed by atoms with van der Waals surface area (Å²) in [6.45, 7) is -0.238. The number of carbonyl (C=O) groups excluding carboxylic acids is 1. The van der Waals surface area contributed by atoms with Crippen molar-refractivity contribution >= 4 is 28.1 Å². The Morgan fingerprint density at radius 1 is 0.938 bits per heavy atom. The quantitative estimate of drug-likeness (QED) is 0.281. The maximum absolute atomic E-state index is 12.1. The highest BCUT2D eigenvalue weighted by Crippen LogP contribution is 2.28. The lowest BCUT2D eigenvalue weighted by Crippen LogP contribution is -2.20. The SMILES string of the molecule is O=C(COc1ccc([N+](=O)[O-])cc1)Nc1nc(-c2ccc(Oc3ccccc3)cc2)cs1. The fourth-order valence-electron chi connectivity index (χ4n) is 2.75. The van der Waals surface area contributed by atoms with Crippen LogP contribution in [0.25, 0.3) is 11.3 Å². The van der Waals surface area contributed by atoms with E-state index in [2.05, 4.69) is 10.3 Å². The number of thiazole rings is 1. The van der Waals surface area contributed by atoms with Gasteiger partial charge in [-0.15, -0.1) is 11.3 Å². The van der Waals surface area contributed by atoms with Gasteiger partial charge >= 0.3 is 0 Å². The molecule has 8 nitrogen and oxygen atoms in total. The summed E-state index contributed by atoms with van der Waals surface area (Å²) in [5.41, 5.74) is 1.58. The number of para-hydroxylation sites is 1. The number of hydrogen-bond donors (Lipinski definition) is 1. The van der Waals surface area contributed by atoms with Gasteiger partial charge in [0.25, 0.3) is 11.6 Å². The van der Waals surface area contributed by atoms with E-state index in [1.54, 1.807) is 0 Å². The summed E-state index contributed by atoms with van der Waals surface area (Å²) < 4.78 is 11.1. The van der Waals surface area contributed by atoms with Crippen LogP contribution in [0, 0.1) is 10.1 Å². The molecule has 0 unspecified atom stereocenters. The lowest BCUT2D eigenvalue weighted by atomic mass is 10.2. The molecule has 0 saturated carbocycles. The Hall–Kier alpha value is -4.24. The number of anilines is 1. The first-order chi connectivity index (χ1) is 15.6. The number of carbonyl (C=O) groups is 1. The van der Waals surface area contributed by atoms with Crippen molar-refractivity contribution in [3.05, 3.63) is 94.4 Å². The van der Waals surface area contributed by atoms with Crippen LogP contribution in [0.5, 0.6) is 17.2 Å². The number of nitro groups is 1. The molecule has 0 radical (unpaired) electrons. The molecule has 0 fully saturated rings. The highest BCUT2D eigenvalue weighted by molar-refractivity contribution is 7.14. The molecule has 1 heterocycles. The van der Waals surface area contributed by atoms with Crippen molar-refractivity contribution in [1.29, 1.82) is 0 Å². The van der Waals surface area contributed by atoms with Crippen LogP contribution in [-0.4, -0.2) is 22.4 Å². The van der Waals surface area contributed by atoms with Gasteiger partial charge in [0.05, 0.1) is 10.6 Å². The molecular formula is C23H17N3O5S. The predicted octanol–water partition coefficient (Wildman–Crippen LogP) is 5.53. The number of non-ortho nitro benzene ring substituents is 1. The molecule has 32 heavy (non-hydrogen) atoms. The van der Waals surface area contributed by atoms with Gasteiger partial charge in [0.2, 0.25) is 0 Å². The van der Waals surface area contributed by atoms with E-state index in [4.69, 9.17) is 9.47 Å². The van der Waals surface area contributed by atoms with Crippen LogP contribution in [0.3, 0.4) is 0 Å². The number of benzene rings is 3. The molecule has 0 aliphatic heterocycles. The van der Waals surface area contributed by atoms with E-state index >= 15 is 0 Å². The summed E-state index contributed by atoms with van der Waals surface area (Å²) in [6.07, 6.45) is 0. The normalized spacial score (nSPS) is 10.4. The highest BCUT2D eigenvalue weighted by atomic mass is 32.1. The molecule has 1 aromatic heterocycles. The van der Waals surface area contributed by atoms with Crippen LogP contribution < -0.4 is 14.8 Å². The monoisotopic (exact) mass is 447 g/mol. The van der Waals surface area contributed by atoms with E-state index in [1.165, 1.54) is 35.6 Å². The van der Waals surface area contributed by atoms with Crippen molar-refractivity contribution in [3.8, 4) is 28.5 Å². The Bertz CT molecular complexity index is 1210. The van der Waals surface area contributed by atoms with Crippen LogP contribution in [0.1, 0.15) is 0 Å². The first kappa shape index (κ1) is 21.0. The average Bonchev–Trinajstić information content (AvgIpc) is 3.27. The summed E-state index contributed by atoms with van der Waals surface area (Å²) >= 11 is 1.30. The maximum atomic E-state index is 12.1. The Kier molecular flexibility index (Phi) is 6.38. The Morgan fingerprint density at radius 2 is 1.59 bits per heavy atom. The number of rotatable bonds is 8. The second kappa shape index (κ2) is 9.71. The van der Waals surface area contributed by atoms with Crippen molar-refractivity contribution in [2.45, 2.75) is 0 Å². The van der Waals surface area contributed by atoms with Gasteiger partial charge in [0.15, 0.2) is 11.7 Å². The summed E-state index contributed by atoms with van der Waals surface area (Å²) in [6, 6.07) is 22.5. The fourth-order valence-corrected chi connectivity index (χ4v) is 3.49. The third-order valence-electron chi connectivity index (χ3n) is 4.30. The third-order valence-corrected chi connectivity index (χ3v) is 5.05. The van der Waals surface area contributed by atoms with E-state index < -0.39 is 4.92 Å². The molecule has 3 aromatic carbocycles. The van der Waals surface area contributed by atoms with Gasteiger partial charge in [0, 0.05) is 23.1 Å². The molecule has 1 amide bonds. The van der Waals surface area contributed by atoms with Crippen molar-refractivity contribution in [1.82, 2.24) is 4.98 Å². The minimum atomic E-state index is -0.500. The van der Waals surface area contributed by atoms with Crippen LogP contribution >= 0.6 is 11.3 Å². The van der Waals surface area contributed by atoms with E-state index in [-0.39, 0.29) is 18.2 Å². The van der Waals surface area contributed by atoms with E-state index in [0.717, 1.165) is 17.0 Å². The average molecular weight is 447 g/mol. The van der Waals surface area contributed by atoms with Gasteiger partial charge in [-0.3, -0.25) is 20.2 Å². The number of hydrogen-bond acceptors (Lipinski definition) is 7. The Balaban J connectivity index is 1.31. The number of nitrogens with one attached hydrogen (secondary N) is 1. The molecule has 0 aliphatic carbocycles. The fraction of sp³-hybridized carbons (Fsp3) is 0.0435. The smallest absolute Gasteiger partial charge is 0.269 e. The van der Waals surface area contributed by atoms with Crippen LogP contribution in [-0.2, 0) is 4.79 Å².